The number of H-pyrrole nitrogens is 1. The Morgan fingerprint density at radius 1 is 1.18 bits per heavy atom. The number of sulfonamides is 1. The van der Waals surface area contributed by atoms with Crippen LogP contribution >= 0.6 is 11.6 Å². The van der Waals surface area contributed by atoms with E-state index in [-0.39, 0.29) is 24.0 Å². The smallest absolute Gasteiger partial charge is 0.211 e. The van der Waals surface area contributed by atoms with Crippen molar-refractivity contribution in [3.05, 3.63) is 46.8 Å². The van der Waals surface area contributed by atoms with Gasteiger partial charge in [0, 0.05) is 54.2 Å². The second-order valence-electron chi connectivity index (χ2n) is 9.72. The number of fused-ring (bicyclic) bond motifs is 4. The van der Waals surface area contributed by atoms with Crippen LogP contribution in [0.1, 0.15) is 55.5 Å². The monoisotopic (exact) mass is 486 g/mol. The van der Waals surface area contributed by atoms with E-state index in [2.05, 4.69) is 26.8 Å². The SMILES string of the molecule is C[C@@H]1Cc2ncnc(C3C[C@H]4CC[C@@H](C3)N4S(C)(=O)=O)c2CN1c1cc(Cl)nc2[nH]ccc12. The van der Waals surface area contributed by atoms with Gasteiger partial charge in [-0.05, 0) is 44.7 Å². The molecule has 0 aliphatic carbocycles. The average Bonchev–Trinajstić information content (AvgIpc) is 3.34. The molecule has 1 unspecified atom stereocenters. The summed E-state index contributed by atoms with van der Waals surface area (Å²) in [6, 6.07) is 4.38. The summed E-state index contributed by atoms with van der Waals surface area (Å²) < 4.78 is 26.5. The molecule has 2 fully saturated rings. The van der Waals surface area contributed by atoms with E-state index in [1.54, 1.807) is 10.6 Å². The van der Waals surface area contributed by atoms with Gasteiger partial charge in [0.15, 0.2) is 0 Å². The Morgan fingerprint density at radius 3 is 2.67 bits per heavy atom. The molecule has 3 aliphatic heterocycles. The van der Waals surface area contributed by atoms with Crippen molar-refractivity contribution >= 4 is 38.3 Å². The first-order chi connectivity index (χ1) is 15.8. The number of hydrogen-bond donors (Lipinski definition) is 1. The third-order valence-corrected chi connectivity index (χ3v) is 9.19. The zero-order valence-corrected chi connectivity index (χ0v) is 20.3. The number of nitrogens with one attached hydrogen (secondary N) is 1. The Kier molecular flexibility index (Phi) is 4.94. The fourth-order valence-electron chi connectivity index (χ4n) is 6.33. The number of aromatic amines is 1. The number of pyridine rings is 1. The second kappa shape index (κ2) is 7.65. The number of piperidine rings is 1. The van der Waals surface area contributed by atoms with E-state index in [1.807, 2.05) is 18.3 Å². The van der Waals surface area contributed by atoms with Crippen molar-refractivity contribution in [2.75, 3.05) is 11.2 Å². The molecule has 1 N–H and O–H groups in total. The Morgan fingerprint density at radius 2 is 1.94 bits per heavy atom. The number of rotatable bonds is 3. The number of nitrogens with zero attached hydrogens (tertiary/aromatic N) is 5. The van der Waals surface area contributed by atoms with E-state index >= 15 is 0 Å². The molecule has 3 aromatic rings. The maximum Gasteiger partial charge on any atom is 0.211 e. The van der Waals surface area contributed by atoms with Crippen molar-refractivity contribution in [2.45, 2.75) is 69.6 Å². The third kappa shape index (κ3) is 3.52. The van der Waals surface area contributed by atoms with Gasteiger partial charge in [0.1, 0.15) is 17.1 Å². The molecule has 0 amide bonds. The van der Waals surface area contributed by atoms with Crippen molar-refractivity contribution in [1.82, 2.24) is 24.2 Å². The first-order valence-electron chi connectivity index (χ1n) is 11.5. The van der Waals surface area contributed by atoms with Crippen LogP contribution in [0, 0.1) is 0 Å². The highest BCUT2D eigenvalue weighted by atomic mass is 35.5. The lowest BCUT2D eigenvalue weighted by molar-refractivity contribution is 0.224. The van der Waals surface area contributed by atoms with E-state index in [0.29, 0.717) is 11.7 Å². The summed E-state index contributed by atoms with van der Waals surface area (Å²) in [6.45, 7) is 2.91. The highest BCUT2D eigenvalue weighted by molar-refractivity contribution is 7.88. The summed E-state index contributed by atoms with van der Waals surface area (Å²) in [6.07, 6.45) is 9.27. The molecule has 33 heavy (non-hydrogen) atoms. The lowest BCUT2D eigenvalue weighted by Gasteiger charge is -2.40. The first kappa shape index (κ1) is 21.3. The van der Waals surface area contributed by atoms with Crippen molar-refractivity contribution in [2.24, 2.45) is 0 Å². The summed E-state index contributed by atoms with van der Waals surface area (Å²) in [5, 5.41) is 1.51. The highest BCUT2D eigenvalue weighted by Crippen LogP contribution is 2.45. The molecule has 6 heterocycles. The summed E-state index contributed by atoms with van der Waals surface area (Å²) in [4.78, 5) is 19.4. The molecule has 6 rings (SSSR count). The second-order valence-corrected chi connectivity index (χ2v) is 12.0. The minimum absolute atomic E-state index is 0.0754. The molecule has 0 aromatic carbocycles. The summed E-state index contributed by atoms with van der Waals surface area (Å²) in [7, 11) is -3.19. The molecule has 8 nitrogen and oxygen atoms in total. The molecule has 4 atom stereocenters. The molecular formula is C23H27ClN6O2S. The predicted octanol–water partition coefficient (Wildman–Crippen LogP) is 3.63. The average molecular weight is 487 g/mol. The Hall–Kier alpha value is -2.23. The van der Waals surface area contributed by atoms with E-state index in [1.165, 1.54) is 11.8 Å². The van der Waals surface area contributed by atoms with E-state index < -0.39 is 10.0 Å². The fraction of sp³-hybridized carbons (Fsp3) is 0.522. The quantitative estimate of drug-likeness (QED) is 0.568. The molecular weight excluding hydrogens is 460 g/mol. The molecule has 2 saturated heterocycles. The van der Waals surface area contributed by atoms with Gasteiger partial charge in [-0.3, -0.25) is 0 Å². The summed E-state index contributed by atoms with van der Waals surface area (Å²) in [5.41, 5.74) is 5.22. The Balaban J connectivity index is 1.37. The van der Waals surface area contributed by atoms with Crippen molar-refractivity contribution in [3.8, 4) is 0 Å². The van der Waals surface area contributed by atoms with E-state index in [0.717, 1.165) is 60.2 Å². The topological polar surface area (TPSA) is 95.1 Å². The van der Waals surface area contributed by atoms with Crippen LogP contribution < -0.4 is 4.90 Å². The minimum atomic E-state index is -3.19. The Bertz CT molecular complexity index is 1330. The standard InChI is InChI=1S/C23H27ClN6O2S/c1-13-7-19-18(11-29(13)20-10-21(24)28-23-17(20)5-6-25-23)22(27-12-26-19)14-8-15-3-4-16(9-14)30(15)33(2,31)32/h5-6,10,12-16H,3-4,7-9,11H2,1-2H3,(H,25,28)/t13-,14?,15-,16+/m1/s1. The van der Waals surface area contributed by atoms with E-state index in [9.17, 15) is 8.42 Å². The molecule has 3 aromatic heterocycles. The largest absolute Gasteiger partial charge is 0.363 e. The minimum Gasteiger partial charge on any atom is -0.363 e. The van der Waals surface area contributed by atoms with Crippen LogP contribution in [0.2, 0.25) is 5.15 Å². The van der Waals surface area contributed by atoms with Crippen LogP contribution in [0.5, 0.6) is 0 Å². The zero-order chi connectivity index (χ0) is 22.9. The van der Waals surface area contributed by atoms with Crippen LogP contribution in [-0.2, 0) is 23.0 Å². The normalized spacial score (nSPS) is 27.8. The van der Waals surface area contributed by atoms with Gasteiger partial charge in [-0.25, -0.2) is 23.4 Å². The molecule has 2 bridgehead atoms. The van der Waals surface area contributed by atoms with Gasteiger partial charge in [0.05, 0.1) is 23.3 Å². The number of anilines is 1. The molecule has 0 saturated carbocycles. The molecule has 174 valence electrons. The van der Waals surface area contributed by atoms with Crippen LogP contribution in [0.3, 0.4) is 0 Å². The third-order valence-electron chi connectivity index (χ3n) is 7.64. The molecule has 3 aliphatic rings. The predicted molar refractivity (Wildman–Crippen MR) is 128 cm³/mol. The Labute approximate surface area is 198 Å². The first-order valence-corrected chi connectivity index (χ1v) is 13.7. The van der Waals surface area contributed by atoms with Crippen LogP contribution in [-0.4, -0.2) is 57.0 Å². The van der Waals surface area contributed by atoms with Gasteiger partial charge in [0.25, 0.3) is 0 Å². The maximum absolute atomic E-state index is 12.3. The lowest BCUT2D eigenvalue weighted by Crippen LogP contribution is -2.46. The lowest BCUT2D eigenvalue weighted by atomic mass is 9.85. The van der Waals surface area contributed by atoms with Gasteiger partial charge < -0.3 is 9.88 Å². The van der Waals surface area contributed by atoms with Gasteiger partial charge in [0.2, 0.25) is 10.0 Å². The molecule has 0 spiro atoms. The maximum atomic E-state index is 12.3. The fourth-order valence-corrected chi connectivity index (χ4v) is 7.98. The van der Waals surface area contributed by atoms with Crippen molar-refractivity contribution in [1.29, 1.82) is 0 Å². The highest BCUT2D eigenvalue weighted by Gasteiger charge is 2.46. The van der Waals surface area contributed by atoms with Crippen LogP contribution in [0.4, 0.5) is 5.69 Å². The summed E-state index contributed by atoms with van der Waals surface area (Å²) in [5.74, 6) is 0.251. The van der Waals surface area contributed by atoms with Crippen molar-refractivity contribution < 1.29 is 8.42 Å². The number of halogens is 1. The number of aromatic nitrogens is 4. The van der Waals surface area contributed by atoms with E-state index in [4.69, 9.17) is 16.6 Å². The molecule has 10 heteroatoms. The van der Waals surface area contributed by atoms with Gasteiger partial charge >= 0.3 is 0 Å². The number of hydrogen-bond acceptors (Lipinski definition) is 6. The van der Waals surface area contributed by atoms with Gasteiger partial charge in [-0.15, -0.1) is 0 Å². The van der Waals surface area contributed by atoms with Gasteiger partial charge in [-0.2, -0.15) is 4.31 Å². The van der Waals surface area contributed by atoms with Crippen molar-refractivity contribution in [3.63, 3.8) is 0 Å². The van der Waals surface area contributed by atoms with Gasteiger partial charge in [-0.1, -0.05) is 11.6 Å². The van der Waals surface area contributed by atoms with Crippen LogP contribution in [0.15, 0.2) is 24.7 Å². The molecule has 0 radical (unpaired) electrons. The zero-order valence-electron chi connectivity index (χ0n) is 18.7. The summed E-state index contributed by atoms with van der Waals surface area (Å²) >= 11 is 6.35. The van der Waals surface area contributed by atoms with Crippen LogP contribution in [0.25, 0.3) is 11.0 Å².